The Kier molecular flexibility index (Phi) is 6.40. The van der Waals surface area contributed by atoms with Crippen LogP contribution in [0.15, 0.2) is 71.0 Å². The van der Waals surface area contributed by atoms with Gasteiger partial charge < -0.3 is 14.2 Å². The molecule has 0 saturated heterocycles. The molecule has 8 nitrogen and oxygen atoms in total. The Balaban J connectivity index is 1.56. The van der Waals surface area contributed by atoms with Crippen molar-refractivity contribution in [1.29, 1.82) is 0 Å². The third kappa shape index (κ3) is 4.65. The number of ether oxygens (including phenoxy) is 1. The van der Waals surface area contributed by atoms with Crippen molar-refractivity contribution in [3.05, 3.63) is 83.8 Å². The smallest absolute Gasteiger partial charge is 0.258 e. The van der Waals surface area contributed by atoms with Crippen LogP contribution in [0, 0.1) is 0 Å². The number of hydrogen-bond donors (Lipinski definition) is 1. The zero-order valence-electron chi connectivity index (χ0n) is 17.4. The number of nitrogens with one attached hydrogen (secondary N) is 1. The molecule has 0 fully saturated rings. The molecule has 0 radical (unpaired) electrons. The lowest BCUT2D eigenvalue weighted by Crippen LogP contribution is -2.28. The zero-order valence-corrected chi connectivity index (χ0v) is 17.4. The predicted molar refractivity (Wildman–Crippen MR) is 114 cm³/mol. The highest BCUT2D eigenvalue weighted by atomic mass is 16.6. The second-order valence-corrected chi connectivity index (χ2v) is 7.13. The second kappa shape index (κ2) is 9.55. The molecule has 2 heterocycles. The van der Waals surface area contributed by atoms with Gasteiger partial charge in [0.2, 0.25) is 5.89 Å². The number of rotatable bonds is 8. The van der Waals surface area contributed by atoms with Gasteiger partial charge in [-0.15, -0.1) is 0 Å². The highest BCUT2D eigenvalue weighted by Crippen LogP contribution is 2.33. The summed E-state index contributed by atoms with van der Waals surface area (Å²) in [6.07, 6.45) is 2.74. The van der Waals surface area contributed by atoms with Crippen molar-refractivity contribution in [3.63, 3.8) is 0 Å². The minimum Gasteiger partial charge on any atom is -0.384 e. The molecule has 1 atom stereocenters. The van der Waals surface area contributed by atoms with Gasteiger partial charge in [0.1, 0.15) is 6.04 Å². The summed E-state index contributed by atoms with van der Waals surface area (Å²) in [4.78, 5) is 24.4. The first-order valence-corrected chi connectivity index (χ1v) is 9.99. The van der Waals surface area contributed by atoms with Crippen LogP contribution in [0.5, 0.6) is 0 Å². The number of nitrogens with zero attached hydrogens (tertiary/aromatic N) is 3. The fourth-order valence-electron chi connectivity index (χ4n) is 3.51. The Hall–Kier alpha value is -3.49. The first-order valence-electron chi connectivity index (χ1n) is 9.99. The molecule has 3 aromatic rings. The average molecular weight is 420 g/mol. The molecule has 0 bridgehead atoms. The molecule has 4 rings (SSSR count). The number of hydroxylamine groups is 1. The van der Waals surface area contributed by atoms with Crippen molar-refractivity contribution in [2.45, 2.75) is 18.9 Å². The minimum absolute atomic E-state index is 0.152. The third-order valence-corrected chi connectivity index (χ3v) is 5.05. The number of hydrogen-bond acceptors (Lipinski definition) is 7. The van der Waals surface area contributed by atoms with Gasteiger partial charge in [-0.05, 0) is 23.3 Å². The SMILES string of the molecule is COCCc1nc(C2CC(NOC)=CN2C(=O)c2ccc(-c3ccccc3)cc2)no1. The van der Waals surface area contributed by atoms with Crippen LogP contribution < -0.4 is 5.48 Å². The first kappa shape index (κ1) is 20.8. The quantitative estimate of drug-likeness (QED) is 0.558. The molecule has 2 aromatic carbocycles. The molecule has 1 amide bonds. The van der Waals surface area contributed by atoms with Gasteiger partial charge in [0, 0.05) is 25.3 Å². The van der Waals surface area contributed by atoms with Crippen LogP contribution in [0.3, 0.4) is 0 Å². The van der Waals surface area contributed by atoms with Crippen LogP contribution in [-0.4, -0.2) is 41.8 Å². The van der Waals surface area contributed by atoms with Gasteiger partial charge in [0.25, 0.3) is 5.91 Å². The van der Waals surface area contributed by atoms with Gasteiger partial charge in [0.15, 0.2) is 5.82 Å². The lowest BCUT2D eigenvalue weighted by molar-refractivity contribution is 0.0777. The van der Waals surface area contributed by atoms with Crippen LogP contribution in [0.4, 0.5) is 0 Å². The Morgan fingerprint density at radius 2 is 1.87 bits per heavy atom. The first-order chi connectivity index (χ1) is 15.2. The summed E-state index contributed by atoms with van der Waals surface area (Å²) >= 11 is 0. The van der Waals surface area contributed by atoms with Gasteiger partial charge in [-0.25, -0.2) is 0 Å². The van der Waals surface area contributed by atoms with E-state index >= 15 is 0 Å². The fourth-order valence-corrected chi connectivity index (χ4v) is 3.51. The molecule has 31 heavy (non-hydrogen) atoms. The maximum Gasteiger partial charge on any atom is 0.258 e. The summed E-state index contributed by atoms with van der Waals surface area (Å²) in [6, 6.07) is 17.2. The lowest BCUT2D eigenvalue weighted by Gasteiger charge is -2.21. The Morgan fingerprint density at radius 3 is 2.58 bits per heavy atom. The van der Waals surface area contributed by atoms with Crippen LogP contribution >= 0.6 is 0 Å². The van der Waals surface area contributed by atoms with E-state index in [0.29, 0.717) is 36.7 Å². The van der Waals surface area contributed by atoms with E-state index in [1.807, 2.05) is 54.6 Å². The highest BCUT2D eigenvalue weighted by molar-refractivity contribution is 5.96. The molecule has 0 saturated carbocycles. The van der Waals surface area contributed by atoms with Gasteiger partial charge in [0.05, 0.1) is 25.8 Å². The zero-order chi connectivity index (χ0) is 21.6. The standard InChI is InChI=1S/C23H24N4O4/c1-29-13-12-21-24-22(26-31-21)20-14-19(25-30-2)15-27(20)23(28)18-10-8-17(9-11-18)16-6-4-3-5-7-16/h3-11,15,20,25H,12-14H2,1-2H3. The monoisotopic (exact) mass is 420 g/mol. The van der Waals surface area contributed by atoms with Crippen LogP contribution in [0.2, 0.25) is 0 Å². The number of aromatic nitrogens is 2. The van der Waals surface area contributed by atoms with E-state index in [1.54, 1.807) is 18.2 Å². The number of carbonyl (C=O) groups is 1. The summed E-state index contributed by atoms with van der Waals surface area (Å²) in [5.41, 5.74) is 6.29. The van der Waals surface area contributed by atoms with E-state index in [4.69, 9.17) is 14.1 Å². The maximum atomic E-state index is 13.3. The molecule has 0 aliphatic carbocycles. The van der Waals surface area contributed by atoms with Crippen molar-refractivity contribution in [3.8, 4) is 11.1 Å². The molecule has 8 heteroatoms. The van der Waals surface area contributed by atoms with Crippen molar-refractivity contribution in [2.75, 3.05) is 20.8 Å². The summed E-state index contributed by atoms with van der Waals surface area (Å²) < 4.78 is 10.4. The molecule has 1 aliphatic rings. The molecular weight excluding hydrogens is 396 g/mol. The van der Waals surface area contributed by atoms with Crippen molar-refractivity contribution >= 4 is 5.91 Å². The normalized spacial score (nSPS) is 15.7. The van der Waals surface area contributed by atoms with E-state index in [1.165, 1.54) is 7.11 Å². The molecule has 160 valence electrons. The predicted octanol–water partition coefficient (Wildman–Crippen LogP) is 3.51. The van der Waals surface area contributed by atoms with Crippen LogP contribution in [-0.2, 0) is 16.0 Å². The van der Waals surface area contributed by atoms with E-state index < -0.39 is 0 Å². The van der Waals surface area contributed by atoms with Crippen molar-refractivity contribution in [1.82, 2.24) is 20.5 Å². The Bertz CT molecular complexity index is 1050. The van der Waals surface area contributed by atoms with Crippen molar-refractivity contribution < 1.29 is 18.9 Å². The second-order valence-electron chi connectivity index (χ2n) is 7.13. The minimum atomic E-state index is -0.390. The maximum absolute atomic E-state index is 13.3. The molecule has 0 spiro atoms. The highest BCUT2D eigenvalue weighted by Gasteiger charge is 2.34. The lowest BCUT2D eigenvalue weighted by atomic mass is 10.0. The molecule has 1 unspecified atom stereocenters. The number of amides is 1. The van der Waals surface area contributed by atoms with E-state index in [0.717, 1.165) is 16.8 Å². The molecule has 1 N–H and O–H groups in total. The molecular formula is C23H24N4O4. The van der Waals surface area contributed by atoms with Crippen LogP contribution in [0.1, 0.15) is 34.5 Å². The Morgan fingerprint density at radius 1 is 1.13 bits per heavy atom. The van der Waals surface area contributed by atoms with E-state index in [2.05, 4.69) is 15.6 Å². The molecule has 1 aromatic heterocycles. The number of methoxy groups -OCH3 is 1. The van der Waals surface area contributed by atoms with Crippen LogP contribution in [0.25, 0.3) is 11.1 Å². The average Bonchev–Trinajstić information content (AvgIpc) is 3.45. The van der Waals surface area contributed by atoms with Gasteiger partial charge >= 0.3 is 0 Å². The number of benzene rings is 2. The number of carbonyl (C=O) groups excluding carboxylic acids is 1. The summed E-state index contributed by atoms with van der Waals surface area (Å²) in [6.45, 7) is 0.484. The third-order valence-electron chi connectivity index (χ3n) is 5.05. The van der Waals surface area contributed by atoms with Gasteiger partial charge in [-0.2, -0.15) is 4.98 Å². The topological polar surface area (TPSA) is 89.7 Å². The summed E-state index contributed by atoms with van der Waals surface area (Å²) in [5, 5.41) is 4.09. The summed E-state index contributed by atoms with van der Waals surface area (Å²) in [7, 11) is 3.14. The summed E-state index contributed by atoms with van der Waals surface area (Å²) in [5.74, 6) is 0.773. The largest absolute Gasteiger partial charge is 0.384 e. The van der Waals surface area contributed by atoms with Crippen molar-refractivity contribution in [2.24, 2.45) is 0 Å². The molecule has 1 aliphatic heterocycles. The van der Waals surface area contributed by atoms with E-state index in [9.17, 15) is 4.79 Å². The fraction of sp³-hybridized carbons (Fsp3) is 0.261. The van der Waals surface area contributed by atoms with Gasteiger partial charge in [-0.1, -0.05) is 47.6 Å². The van der Waals surface area contributed by atoms with Gasteiger partial charge in [-0.3, -0.25) is 15.1 Å². The Labute approximate surface area is 180 Å². The van der Waals surface area contributed by atoms with E-state index in [-0.39, 0.29) is 11.9 Å².